The topological polar surface area (TPSA) is 59.7 Å². The Morgan fingerprint density at radius 1 is 1.13 bits per heavy atom. The van der Waals surface area contributed by atoms with Crippen molar-refractivity contribution in [3.05, 3.63) is 48.0 Å². The van der Waals surface area contributed by atoms with E-state index in [-0.39, 0.29) is 6.61 Å². The van der Waals surface area contributed by atoms with Gasteiger partial charge in [-0.15, -0.1) is 0 Å². The van der Waals surface area contributed by atoms with E-state index >= 15 is 0 Å². The Morgan fingerprint density at radius 2 is 1.96 bits per heavy atom. The fourth-order valence-corrected chi connectivity index (χ4v) is 2.60. The maximum atomic E-state index is 9.60. The van der Waals surface area contributed by atoms with Gasteiger partial charge in [-0.1, -0.05) is 35.3 Å². The number of anilines is 2. The Kier molecular flexibility index (Phi) is 4.68. The Morgan fingerprint density at radius 3 is 2.65 bits per heavy atom. The first kappa shape index (κ1) is 15.2. The zero-order valence-electron chi connectivity index (χ0n) is 13.2. The smallest absolute Gasteiger partial charge is 0.228 e. The summed E-state index contributed by atoms with van der Waals surface area (Å²) in [6, 6.07) is 14.2. The van der Waals surface area contributed by atoms with Crippen LogP contribution in [-0.2, 0) is 6.61 Å². The third kappa shape index (κ3) is 3.40. The number of aliphatic imine (C=N–C) groups is 1. The highest BCUT2D eigenvalue weighted by atomic mass is 16.3. The van der Waals surface area contributed by atoms with Crippen molar-refractivity contribution >= 4 is 24.1 Å². The van der Waals surface area contributed by atoms with Crippen LogP contribution in [0.1, 0.15) is 5.56 Å². The molecule has 0 atom stereocenters. The highest BCUT2D eigenvalue weighted by Gasteiger charge is 2.10. The van der Waals surface area contributed by atoms with Crippen molar-refractivity contribution in [3.8, 4) is 11.1 Å². The normalized spacial score (nSPS) is 12.5. The predicted molar refractivity (Wildman–Crippen MR) is 95.5 cm³/mol. The van der Waals surface area contributed by atoms with E-state index in [1.54, 1.807) is 0 Å². The minimum atomic E-state index is 0.0304. The molecule has 0 aliphatic carbocycles. The monoisotopic (exact) mass is 309 g/mol. The summed E-state index contributed by atoms with van der Waals surface area (Å²) in [6.07, 6.45) is 3.63. The Hall–Kier alpha value is -2.66. The molecule has 3 rings (SSSR count). The molecule has 118 valence electrons. The lowest BCUT2D eigenvalue weighted by Gasteiger charge is -2.16. The quantitative estimate of drug-likeness (QED) is 0.688. The van der Waals surface area contributed by atoms with Gasteiger partial charge in [0.15, 0.2) is 0 Å². The number of aliphatic hydroxyl groups excluding tert-OH is 1. The van der Waals surface area contributed by atoms with Crippen LogP contribution < -0.4 is 10.6 Å². The van der Waals surface area contributed by atoms with E-state index in [0.29, 0.717) is 0 Å². The van der Waals surface area contributed by atoms with Crippen LogP contribution in [-0.4, -0.2) is 42.5 Å². The molecule has 1 aliphatic heterocycles. The molecule has 0 unspecified atom stereocenters. The highest BCUT2D eigenvalue weighted by Crippen LogP contribution is 2.32. The number of aliphatic hydroxyl groups is 1. The molecule has 1 heterocycles. The first-order chi connectivity index (χ1) is 11.3. The lowest BCUT2D eigenvalue weighted by Crippen LogP contribution is -2.24. The lowest BCUT2D eigenvalue weighted by atomic mass is 9.98. The molecule has 0 saturated heterocycles. The van der Waals surface area contributed by atoms with Crippen molar-refractivity contribution < 1.29 is 9.68 Å². The van der Waals surface area contributed by atoms with E-state index in [0.717, 1.165) is 41.2 Å². The molecule has 23 heavy (non-hydrogen) atoms. The van der Waals surface area contributed by atoms with E-state index in [1.807, 2.05) is 54.6 Å². The van der Waals surface area contributed by atoms with Crippen molar-refractivity contribution in [1.29, 1.82) is 0 Å². The second-order valence-corrected chi connectivity index (χ2v) is 5.37. The Labute approximate surface area is 136 Å². The number of hydrogen-bond acceptors (Lipinski definition) is 4. The number of rotatable bonds is 7. The molecule has 0 aromatic heterocycles. The molecule has 2 aromatic carbocycles. The minimum Gasteiger partial charge on any atom is -0.392 e. The molecule has 3 N–H and O–H groups in total. The van der Waals surface area contributed by atoms with Gasteiger partial charge in [-0.05, 0) is 23.3 Å². The summed E-state index contributed by atoms with van der Waals surface area (Å²) < 4.78 is 2.04. The summed E-state index contributed by atoms with van der Waals surface area (Å²) in [5.41, 5.74) is 5.17. The van der Waals surface area contributed by atoms with Gasteiger partial charge >= 0.3 is 0 Å². The van der Waals surface area contributed by atoms with E-state index in [2.05, 4.69) is 27.8 Å². The van der Waals surface area contributed by atoms with Crippen LogP contribution in [0, 0.1) is 0 Å². The number of hydrogen-bond donors (Lipinski definition) is 3. The molecular weight excluding hydrogens is 288 g/mol. The summed E-state index contributed by atoms with van der Waals surface area (Å²) in [5.74, 6) is 0. The van der Waals surface area contributed by atoms with Crippen LogP contribution in [0.5, 0.6) is 0 Å². The van der Waals surface area contributed by atoms with Crippen molar-refractivity contribution in [2.45, 2.75) is 6.61 Å². The minimum absolute atomic E-state index is 0.0304. The van der Waals surface area contributed by atoms with Gasteiger partial charge in [0.2, 0.25) is 12.7 Å². The summed E-state index contributed by atoms with van der Waals surface area (Å²) in [6.45, 7) is 1.71. The maximum absolute atomic E-state index is 9.60. The number of benzene rings is 2. The molecule has 0 spiro atoms. The van der Waals surface area contributed by atoms with Crippen molar-refractivity contribution in [2.24, 2.45) is 4.99 Å². The number of nitrogens with zero attached hydrogens (tertiary/aromatic N) is 2. The van der Waals surface area contributed by atoms with Crippen molar-refractivity contribution in [2.75, 3.05) is 30.8 Å². The van der Waals surface area contributed by atoms with E-state index < -0.39 is 0 Å². The fourth-order valence-electron chi connectivity index (χ4n) is 2.60. The third-order valence-electron chi connectivity index (χ3n) is 3.90. The second kappa shape index (κ2) is 7.07. The third-order valence-corrected chi connectivity index (χ3v) is 3.90. The Balaban J connectivity index is 1.88. The van der Waals surface area contributed by atoms with Gasteiger partial charge in [0.25, 0.3) is 0 Å². The molecule has 2 aromatic rings. The van der Waals surface area contributed by atoms with Crippen LogP contribution in [0.2, 0.25) is 0 Å². The van der Waals surface area contributed by atoms with Gasteiger partial charge in [-0.25, -0.2) is 4.58 Å². The van der Waals surface area contributed by atoms with E-state index in [9.17, 15) is 5.11 Å². The Bertz CT molecular complexity index is 752. The lowest BCUT2D eigenvalue weighted by molar-refractivity contribution is -0.400. The van der Waals surface area contributed by atoms with Gasteiger partial charge in [0, 0.05) is 30.5 Å². The van der Waals surface area contributed by atoms with Crippen molar-refractivity contribution in [3.63, 3.8) is 0 Å². The largest absolute Gasteiger partial charge is 0.392 e. The molecule has 0 radical (unpaired) electrons. The van der Waals surface area contributed by atoms with Gasteiger partial charge in [-0.2, -0.15) is 0 Å². The van der Waals surface area contributed by atoms with E-state index in [1.165, 1.54) is 0 Å². The molecule has 0 saturated carbocycles. The summed E-state index contributed by atoms with van der Waals surface area (Å²) in [4.78, 5) is 3.95. The van der Waals surface area contributed by atoms with Crippen molar-refractivity contribution in [1.82, 2.24) is 0 Å². The average molecular weight is 309 g/mol. The van der Waals surface area contributed by atoms with Crippen LogP contribution in [0.4, 0.5) is 11.4 Å². The van der Waals surface area contributed by atoms with Gasteiger partial charge < -0.3 is 15.7 Å². The molecule has 0 amide bonds. The molecule has 0 bridgehead atoms. The van der Waals surface area contributed by atoms with Crippen LogP contribution >= 0.6 is 0 Å². The average Bonchev–Trinajstić information content (AvgIpc) is 2.57. The molecule has 0 fully saturated rings. The van der Waals surface area contributed by atoms with Crippen LogP contribution in [0.15, 0.2) is 47.5 Å². The molecule has 5 heteroatoms. The van der Waals surface area contributed by atoms with E-state index in [4.69, 9.17) is 0 Å². The van der Waals surface area contributed by atoms with Gasteiger partial charge in [0.05, 0.1) is 13.2 Å². The van der Waals surface area contributed by atoms with Gasteiger partial charge in [0.1, 0.15) is 0 Å². The fraction of sp³-hybridized carbons (Fsp3) is 0.222. The second-order valence-electron chi connectivity index (χ2n) is 5.37. The molecule has 1 aliphatic rings. The zero-order chi connectivity index (χ0) is 16.1. The first-order valence-electron chi connectivity index (χ1n) is 7.69. The summed E-state index contributed by atoms with van der Waals surface area (Å²) in [7, 11) is 1.91. The van der Waals surface area contributed by atoms with Crippen LogP contribution in [0.25, 0.3) is 11.1 Å². The summed E-state index contributed by atoms with van der Waals surface area (Å²) in [5, 5.41) is 16.3. The standard InChI is InChI=1S/C18H21N4O/c1-19-15-6-7-17(16-5-3-2-4-14(16)11-23)18(10-15)21-8-9-22-12-20-13-22/h2-7,10,12-13,19,21,23H,8-9,11H2,1H3/q+1. The first-order valence-corrected chi connectivity index (χ1v) is 7.69. The predicted octanol–water partition coefficient (Wildman–Crippen LogP) is 2.38. The number of nitrogens with one attached hydrogen (secondary N) is 2. The summed E-state index contributed by atoms with van der Waals surface area (Å²) >= 11 is 0. The molecule has 5 nitrogen and oxygen atoms in total. The maximum Gasteiger partial charge on any atom is 0.228 e. The zero-order valence-corrected chi connectivity index (χ0v) is 13.2. The SMILES string of the molecule is CNc1ccc(-c2ccccc2CO)c(NCC[N+]2=CN=C2)c1. The highest BCUT2D eigenvalue weighted by molar-refractivity contribution is 5.82. The molecular formula is C18H21N4O+. The van der Waals surface area contributed by atoms with Gasteiger partial charge in [-0.3, -0.25) is 0 Å². The van der Waals surface area contributed by atoms with Crippen LogP contribution in [0.3, 0.4) is 0 Å².